The molecule has 0 fully saturated rings. The van der Waals surface area contributed by atoms with Gasteiger partial charge in [0.25, 0.3) is 0 Å². The van der Waals surface area contributed by atoms with E-state index in [1.165, 1.54) is 6.92 Å². The van der Waals surface area contributed by atoms with Gasteiger partial charge in [-0.15, -0.1) is 0 Å². The minimum Gasteiger partial charge on any atom is -1.00 e. The zero-order valence-corrected chi connectivity index (χ0v) is 4.36. The molecule has 0 aliphatic rings. The number of carboxylic acids is 1. The molecule has 0 radical (unpaired) electrons. The van der Waals surface area contributed by atoms with Crippen molar-refractivity contribution in [3.63, 3.8) is 0 Å². The van der Waals surface area contributed by atoms with Gasteiger partial charge in [-0.1, -0.05) is 5.92 Å². The molecular weight excluding hydrogens is 87.0 g/mol. The fourth-order valence-electron chi connectivity index (χ4n) is 0.107. The van der Waals surface area contributed by atoms with Crippen molar-refractivity contribution in [2.75, 3.05) is 0 Å². The third kappa shape index (κ3) is 10.7. The first-order valence-corrected chi connectivity index (χ1v) is 1.43. The van der Waals surface area contributed by atoms with E-state index < -0.39 is 5.97 Å². The Morgan fingerprint density at radius 1 is 1.86 bits per heavy atom. The minimum absolute atomic E-state index is 0. The summed E-state index contributed by atoms with van der Waals surface area (Å²) in [7, 11) is 0. The van der Waals surface area contributed by atoms with Crippen LogP contribution in [-0.4, -0.2) is 11.1 Å². The summed E-state index contributed by atoms with van der Waals surface area (Å²) in [5, 5.41) is 7.74. The normalized spacial score (nSPS) is 4.71. The summed E-state index contributed by atoms with van der Waals surface area (Å²) in [6, 6.07) is 0. The van der Waals surface area contributed by atoms with Gasteiger partial charge in [-0.05, 0) is 6.92 Å². The van der Waals surface area contributed by atoms with Gasteiger partial charge >= 0.3 is 24.8 Å². The van der Waals surface area contributed by atoms with E-state index in [1.54, 1.807) is 0 Å². The third-order valence-electron chi connectivity index (χ3n) is 0.232. The molecular formula is C4H5LiO2. The zero-order chi connectivity index (χ0) is 4.99. The van der Waals surface area contributed by atoms with Crippen molar-refractivity contribution in [3.05, 3.63) is 0 Å². The zero-order valence-electron chi connectivity index (χ0n) is 5.36. The molecule has 0 aromatic rings. The van der Waals surface area contributed by atoms with E-state index in [4.69, 9.17) is 5.11 Å². The van der Waals surface area contributed by atoms with Crippen LogP contribution >= 0.6 is 0 Å². The van der Waals surface area contributed by atoms with Gasteiger partial charge in [-0.3, -0.25) is 0 Å². The molecule has 1 N–H and O–H groups in total. The van der Waals surface area contributed by atoms with Crippen LogP contribution in [0.25, 0.3) is 0 Å². The van der Waals surface area contributed by atoms with Crippen molar-refractivity contribution in [1.29, 1.82) is 0 Å². The van der Waals surface area contributed by atoms with Gasteiger partial charge in [0.2, 0.25) is 0 Å². The van der Waals surface area contributed by atoms with E-state index >= 15 is 0 Å². The molecule has 0 amide bonds. The van der Waals surface area contributed by atoms with Crippen LogP contribution in [0, 0.1) is 11.8 Å². The maximum Gasteiger partial charge on any atom is 1.00 e. The molecule has 3 heteroatoms. The van der Waals surface area contributed by atoms with Gasteiger partial charge in [0.1, 0.15) is 0 Å². The maximum absolute atomic E-state index is 9.43. The Labute approximate surface area is 55.6 Å². The van der Waals surface area contributed by atoms with Gasteiger partial charge in [0, 0.05) is 5.92 Å². The van der Waals surface area contributed by atoms with E-state index in [1.807, 2.05) is 5.92 Å². The van der Waals surface area contributed by atoms with Crippen molar-refractivity contribution >= 4 is 5.97 Å². The second-order valence-electron chi connectivity index (χ2n) is 0.680. The van der Waals surface area contributed by atoms with Gasteiger partial charge in [-0.25, -0.2) is 4.79 Å². The van der Waals surface area contributed by atoms with Crippen molar-refractivity contribution in [3.8, 4) is 11.8 Å². The molecule has 0 rings (SSSR count). The number of carboxylic acid groups (broad SMARTS) is 1. The first kappa shape index (κ1) is 9.80. The second-order valence-corrected chi connectivity index (χ2v) is 0.680. The van der Waals surface area contributed by atoms with E-state index in [0.717, 1.165) is 0 Å². The van der Waals surface area contributed by atoms with E-state index in [2.05, 4.69) is 5.92 Å². The van der Waals surface area contributed by atoms with Crippen LogP contribution in [0.4, 0.5) is 0 Å². The molecule has 0 bridgehead atoms. The SMILES string of the molecule is CC#CC(=O)O.[H-].[Li+]. The summed E-state index contributed by atoms with van der Waals surface area (Å²) < 4.78 is 0. The summed E-state index contributed by atoms with van der Waals surface area (Å²) in [5.41, 5.74) is 0. The van der Waals surface area contributed by atoms with Crippen LogP contribution in [0.15, 0.2) is 0 Å². The number of rotatable bonds is 0. The van der Waals surface area contributed by atoms with Gasteiger partial charge in [0.05, 0.1) is 0 Å². The van der Waals surface area contributed by atoms with Gasteiger partial charge < -0.3 is 6.53 Å². The first-order chi connectivity index (χ1) is 2.77. The summed E-state index contributed by atoms with van der Waals surface area (Å²) in [6.45, 7) is 1.48. The number of hydrogen-bond acceptors (Lipinski definition) is 1. The molecule has 2 nitrogen and oxygen atoms in total. The third-order valence-corrected chi connectivity index (χ3v) is 0.232. The largest absolute Gasteiger partial charge is 1.00 e. The second kappa shape index (κ2) is 5.63. The van der Waals surface area contributed by atoms with Crippen LogP contribution in [0.1, 0.15) is 8.35 Å². The average Bonchev–Trinajstić information content (AvgIpc) is 1.35. The van der Waals surface area contributed by atoms with Crippen LogP contribution in [-0.2, 0) is 4.79 Å². The molecule has 0 unspecified atom stereocenters. The molecule has 0 atom stereocenters. The summed E-state index contributed by atoms with van der Waals surface area (Å²) in [6.07, 6.45) is 0. The molecule has 0 spiro atoms. The van der Waals surface area contributed by atoms with Gasteiger partial charge in [-0.2, -0.15) is 0 Å². The Bertz CT molecular complexity index is 113. The fourth-order valence-corrected chi connectivity index (χ4v) is 0.107. The van der Waals surface area contributed by atoms with E-state index in [-0.39, 0.29) is 20.3 Å². The maximum atomic E-state index is 9.43. The number of hydrogen-bond donors (Lipinski definition) is 1. The molecule has 0 saturated carbocycles. The summed E-state index contributed by atoms with van der Waals surface area (Å²) >= 11 is 0. The fraction of sp³-hybridized carbons (Fsp3) is 0.250. The molecule has 0 aliphatic carbocycles. The van der Waals surface area contributed by atoms with Crippen LogP contribution in [0.2, 0.25) is 0 Å². The summed E-state index contributed by atoms with van der Waals surface area (Å²) in [4.78, 5) is 9.43. The molecule has 0 saturated heterocycles. The molecule has 0 aromatic heterocycles. The van der Waals surface area contributed by atoms with E-state index in [9.17, 15) is 4.79 Å². The molecule has 0 heterocycles. The number of aliphatic carboxylic acids is 1. The minimum atomic E-state index is -1.07. The van der Waals surface area contributed by atoms with Crippen molar-refractivity contribution < 1.29 is 30.2 Å². The topological polar surface area (TPSA) is 37.3 Å². The Hall–Kier alpha value is -0.373. The molecule has 7 heavy (non-hydrogen) atoms. The average molecular weight is 92.0 g/mol. The van der Waals surface area contributed by atoms with Crippen molar-refractivity contribution in [1.82, 2.24) is 0 Å². The molecule has 0 aromatic carbocycles. The Kier molecular flexibility index (Phi) is 7.88. The van der Waals surface area contributed by atoms with Gasteiger partial charge in [0.15, 0.2) is 0 Å². The Morgan fingerprint density at radius 3 is 2.29 bits per heavy atom. The molecule has 34 valence electrons. The van der Waals surface area contributed by atoms with Crippen molar-refractivity contribution in [2.24, 2.45) is 0 Å². The Morgan fingerprint density at radius 2 is 2.29 bits per heavy atom. The predicted octanol–water partition coefficient (Wildman–Crippen LogP) is -2.79. The molecule has 0 aliphatic heterocycles. The Balaban J connectivity index is -0.000000125. The quantitative estimate of drug-likeness (QED) is 0.259. The first-order valence-electron chi connectivity index (χ1n) is 1.43. The van der Waals surface area contributed by atoms with Crippen molar-refractivity contribution in [2.45, 2.75) is 6.92 Å². The van der Waals surface area contributed by atoms with Crippen LogP contribution in [0.3, 0.4) is 0 Å². The monoisotopic (exact) mass is 92.0 g/mol. The van der Waals surface area contributed by atoms with Crippen LogP contribution < -0.4 is 18.9 Å². The predicted molar refractivity (Wildman–Crippen MR) is 22.2 cm³/mol. The smallest absolute Gasteiger partial charge is 1.00 e. The summed E-state index contributed by atoms with van der Waals surface area (Å²) in [5.74, 6) is 3.02. The van der Waals surface area contributed by atoms with Crippen LogP contribution in [0.5, 0.6) is 0 Å². The number of carbonyl (C=O) groups is 1. The standard InChI is InChI=1S/C4H4O2.Li.H/c1-2-3-4(5)6;;/h1H3,(H,5,6);;/q;+1;-1. The van der Waals surface area contributed by atoms with E-state index in [0.29, 0.717) is 0 Å².